The van der Waals surface area contributed by atoms with Crippen molar-refractivity contribution in [2.45, 2.75) is 33.6 Å². The van der Waals surface area contributed by atoms with Crippen LogP contribution in [0.2, 0.25) is 0 Å². The number of nitrogens with one attached hydrogen (secondary N) is 1. The van der Waals surface area contributed by atoms with Crippen molar-refractivity contribution in [3.8, 4) is 11.8 Å². The van der Waals surface area contributed by atoms with Crippen LogP contribution in [0.5, 0.6) is 0 Å². The molecule has 0 bridgehead atoms. The van der Waals surface area contributed by atoms with Gasteiger partial charge in [0.15, 0.2) is 0 Å². The molecule has 0 aromatic carbocycles. The Bertz CT molecular complexity index is 141. The minimum atomic E-state index is 0.00463. The molecule has 0 heterocycles. The van der Waals surface area contributed by atoms with E-state index in [2.05, 4.69) is 24.1 Å². The van der Waals surface area contributed by atoms with Gasteiger partial charge in [0, 0.05) is 20.4 Å². The van der Waals surface area contributed by atoms with Crippen LogP contribution in [0.25, 0.3) is 0 Å². The zero-order valence-corrected chi connectivity index (χ0v) is 7.82. The van der Waals surface area contributed by atoms with Crippen LogP contribution >= 0.6 is 0 Å². The average molecular weight is 155 g/mol. The SMILES string of the molecule is CC#CCCC.CNC(C)=O. The molecule has 2 heteroatoms. The van der Waals surface area contributed by atoms with Gasteiger partial charge < -0.3 is 5.32 Å². The van der Waals surface area contributed by atoms with Crippen molar-refractivity contribution in [1.29, 1.82) is 0 Å². The van der Waals surface area contributed by atoms with Crippen molar-refractivity contribution in [1.82, 2.24) is 5.32 Å². The third kappa shape index (κ3) is 27.5. The Kier molecular flexibility index (Phi) is 13.6. The number of amides is 1. The highest BCUT2D eigenvalue weighted by molar-refractivity contribution is 5.72. The number of rotatable bonds is 1. The lowest BCUT2D eigenvalue weighted by atomic mass is 10.3. The highest BCUT2D eigenvalue weighted by Crippen LogP contribution is 1.79. The quantitative estimate of drug-likeness (QED) is 0.572. The maximum absolute atomic E-state index is 9.70. The lowest BCUT2D eigenvalue weighted by Crippen LogP contribution is -2.11. The van der Waals surface area contributed by atoms with Crippen LogP contribution in [0.3, 0.4) is 0 Å². The van der Waals surface area contributed by atoms with E-state index in [1.807, 2.05) is 6.92 Å². The lowest BCUT2D eigenvalue weighted by Gasteiger charge is -1.80. The Morgan fingerprint density at radius 2 is 2.00 bits per heavy atom. The molecule has 0 rings (SSSR count). The Morgan fingerprint density at radius 1 is 1.55 bits per heavy atom. The van der Waals surface area contributed by atoms with E-state index in [1.165, 1.54) is 13.3 Å². The van der Waals surface area contributed by atoms with Gasteiger partial charge in [-0.2, -0.15) is 0 Å². The smallest absolute Gasteiger partial charge is 0.216 e. The Hall–Kier alpha value is -0.970. The van der Waals surface area contributed by atoms with E-state index < -0.39 is 0 Å². The highest BCUT2D eigenvalue weighted by atomic mass is 16.1. The summed E-state index contributed by atoms with van der Waals surface area (Å²) < 4.78 is 0. The van der Waals surface area contributed by atoms with Crippen LogP contribution < -0.4 is 5.32 Å². The summed E-state index contributed by atoms with van der Waals surface area (Å²) in [5.41, 5.74) is 0. The summed E-state index contributed by atoms with van der Waals surface area (Å²) in [5, 5.41) is 2.39. The minimum Gasteiger partial charge on any atom is -0.359 e. The molecule has 0 aromatic heterocycles. The standard InChI is InChI=1S/C6H10.C3H7NO/c1-3-5-6-4-2;1-3(5)4-2/h3,5H2,1-2H3;1-2H3,(H,4,5). The van der Waals surface area contributed by atoms with Crippen LogP contribution in [0.15, 0.2) is 0 Å². The molecule has 0 spiro atoms. The fraction of sp³-hybridized carbons (Fsp3) is 0.667. The number of carbonyl (C=O) groups is 1. The third-order valence-electron chi connectivity index (χ3n) is 0.904. The first-order valence-corrected chi connectivity index (χ1v) is 3.76. The molecule has 0 saturated carbocycles. The molecule has 2 nitrogen and oxygen atoms in total. The number of carbonyl (C=O) groups excluding carboxylic acids is 1. The van der Waals surface area contributed by atoms with Gasteiger partial charge in [0.05, 0.1) is 0 Å². The molecule has 0 fully saturated rings. The Labute approximate surface area is 69.4 Å². The van der Waals surface area contributed by atoms with E-state index in [4.69, 9.17) is 0 Å². The van der Waals surface area contributed by atoms with Gasteiger partial charge in [0.2, 0.25) is 5.91 Å². The largest absolute Gasteiger partial charge is 0.359 e. The van der Waals surface area contributed by atoms with Crippen LogP contribution in [0.1, 0.15) is 33.6 Å². The highest BCUT2D eigenvalue weighted by Gasteiger charge is 1.72. The van der Waals surface area contributed by atoms with Crippen LogP contribution in [-0.4, -0.2) is 13.0 Å². The average Bonchev–Trinajstić information content (AvgIpc) is 2.02. The molecule has 0 aliphatic carbocycles. The summed E-state index contributed by atoms with van der Waals surface area (Å²) >= 11 is 0. The first-order chi connectivity index (χ1) is 5.18. The number of hydrogen-bond donors (Lipinski definition) is 1. The maximum Gasteiger partial charge on any atom is 0.216 e. The Morgan fingerprint density at radius 3 is 2.09 bits per heavy atom. The summed E-state index contributed by atoms with van der Waals surface area (Å²) in [6.45, 7) is 5.47. The van der Waals surface area contributed by atoms with Crippen molar-refractivity contribution in [3.63, 3.8) is 0 Å². The van der Waals surface area contributed by atoms with Gasteiger partial charge in [0.1, 0.15) is 0 Å². The third-order valence-corrected chi connectivity index (χ3v) is 0.904. The zero-order chi connectivity index (χ0) is 9.11. The second-order valence-corrected chi connectivity index (χ2v) is 1.98. The Balaban J connectivity index is 0. The topological polar surface area (TPSA) is 29.1 Å². The predicted molar refractivity (Wildman–Crippen MR) is 48.1 cm³/mol. The van der Waals surface area contributed by atoms with Gasteiger partial charge in [-0.3, -0.25) is 4.79 Å². The van der Waals surface area contributed by atoms with Crippen molar-refractivity contribution >= 4 is 5.91 Å². The maximum atomic E-state index is 9.70. The fourth-order valence-electron chi connectivity index (χ4n) is 0.250. The fourth-order valence-corrected chi connectivity index (χ4v) is 0.250. The molecule has 1 amide bonds. The number of hydrogen-bond acceptors (Lipinski definition) is 1. The van der Waals surface area contributed by atoms with E-state index in [9.17, 15) is 4.79 Å². The van der Waals surface area contributed by atoms with Gasteiger partial charge in [-0.1, -0.05) is 6.92 Å². The monoisotopic (exact) mass is 155 g/mol. The molecule has 0 unspecified atom stereocenters. The molecule has 0 radical (unpaired) electrons. The molecule has 0 aliphatic heterocycles. The van der Waals surface area contributed by atoms with Gasteiger partial charge in [-0.05, 0) is 13.3 Å². The van der Waals surface area contributed by atoms with Gasteiger partial charge in [-0.15, -0.1) is 11.8 Å². The molecular weight excluding hydrogens is 138 g/mol. The first kappa shape index (κ1) is 12.7. The first-order valence-electron chi connectivity index (χ1n) is 3.76. The summed E-state index contributed by atoms with van der Waals surface area (Å²) in [4.78, 5) is 9.70. The van der Waals surface area contributed by atoms with Crippen molar-refractivity contribution in [2.24, 2.45) is 0 Å². The van der Waals surface area contributed by atoms with Crippen LogP contribution in [-0.2, 0) is 4.79 Å². The molecule has 0 saturated heterocycles. The normalized spacial score (nSPS) is 6.55. The molecule has 1 N–H and O–H groups in total. The number of unbranched alkanes of at least 4 members (excludes halogenated alkanes) is 1. The van der Waals surface area contributed by atoms with Crippen molar-refractivity contribution < 1.29 is 4.79 Å². The molecule has 64 valence electrons. The van der Waals surface area contributed by atoms with Crippen LogP contribution in [0, 0.1) is 11.8 Å². The molecule has 11 heavy (non-hydrogen) atoms. The zero-order valence-electron chi connectivity index (χ0n) is 7.82. The van der Waals surface area contributed by atoms with Gasteiger partial charge in [-0.25, -0.2) is 0 Å². The van der Waals surface area contributed by atoms with Crippen molar-refractivity contribution in [2.75, 3.05) is 7.05 Å². The molecule has 0 aromatic rings. The van der Waals surface area contributed by atoms with E-state index in [1.54, 1.807) is 7.05 Å². The van der Waals surface area contributed by atoms with E-state index >= 15 is 0 Å². The second-order valence-electron chi connectivity index (χ2n) is 1.98. The molecular formula is C9H17NO. The summed E-state index contributed by atoms with van der Waals surface area (Å²) in [6.07, 6.45) is 2.23. The molecule has 0 aliphatic rings. The van der Waals surface area contributed by atoms with Gasteiger partial charge in [0.25, 0.3) is 0 Å². The van der Waals surface area contributed by atoms with Gasteiger partial charge >= 0.3 is 0 Å². The minimum absolute atomic E-state index is 0.00463. The summed E-state index contributed by atoms with van der Waals surface area (Å²) in [6, 6.07) is 0. The summed E-state index contributed by atoms with van der Waals surface area (Å²) in [5.74, 6) is 5.77. The van der Waals surface area contributed by atoms with E-state index in [-0.39, 0.29) is 5.91 Å². The summed E-state index contributed by atoms with van der Waals surface area (Å²) in [7, 11) is 1.60. The predicted octanol–water partition coefficient (Wildman–Crippen LogP) is 1.56. The van der Waals surface area contributed by atoms with Crippen LogP contribution in [0.4, 0.5) is 0 Å². The lowest BCUT2D eigenvalue weighted by molar-refractivity contribution is -0.118. The van der Waals surface area contributed by atoms with Crippen molar-refractivity contribution in [3.05, 3.63) is 0 Å². The second kappa shape index (κ2) is 11.8. The van der Waals surface area contributed by atoms with E-state index in [0.29, 0.717) is 0 Å². The molecule has 0 atom stereocenters. The van der Waals surface area contributed by atoms with E-state index in [0.717, 1.165) is 6.42 Å².